The fourth-order valence-electron chi connectivity index (χ4n) is 2.82. The topological polar surface area (TPSA) is 69.2 Å². The highest BCUT2D eigenvalue weighted by atomic mass is 32.1. The molecule has 0 spiro atoms. The average molecular weight is 422 g/mol. The summed E-state index contributed by atoms with van der Waals surface area (Å²) in [5, 5.41) is 5.01. The number of hydrogen-bond acceptors (Lipinski definition) is 7. The van der Waals surface area contributed by atoms with Crippen molar-refractivity contribution in [2.45, 2.75) is 25.1 Å². The van der Waals surface area contributed by atoms with Gasteiger partial charge in [-0.3, -0.25) is 4.98 Å². The summed E-state index contributed by atoms with van der Waals surface area (Å²) < 4.78 is 49.7. The zero-order valence-electron chi connectivity index (χ0n) is 15.1. The molecule has 0 aliphatic carbocycles. The summed E-state index contributed by atoms with van der Waals surface area (Å²) in [7, 11) is 0. The first kappa shape index (κ1) is 19.6. The molecule has 6 nitrogen and oxygen atoms in total. The summed E-state index contributed by atoms with van der Waals surface area (Å²) in [5.74, 6) is 0.760. The highest BCUT2D eigenvalue weighted by molar-refractivity contribution is 7.14. The molecule has 0 radical (unpaired) electrons. The molecule has 1 fully saturated rings. The van der Waals surface area contributed by atoms with Gasteiger partial charge in [-0.1, -0.05) is 0 Å². The van der Waals surface area contributed by atoms with Crippen LogP contribution in [0.4, 0.5) is 24.1 Å². The zero-order chi connectivity index (χ0) is 20.3. The molecule has 1 aliphatic heterocycles. The third-order valence-electron chi connectivity index (χ3n) is 4.30. The van der Waals surface area contributed by atoms with Crippen molar-refractivity contribution in [1.82, 2.24) is 15.0 Å². The molecule has 3 aromatic heterocycles. The maximum absolute atomic E-state index is 12.8. The second-order valence-corrected chi connectivity index (χ2v) is 7.26. The number of ether oxygens (including phenoxy) is 2. The van der Waals surface area contributed by atoms with Crippen LogP contribution in [0.5, 0.6) is 5.75 Å². The Bertz CT molecular complexity index is 957. The molecule has 1 saturated heterocycles. The molecule has 152 valence electrons. The van der Waals surface area contributed by atoms with Gasteiger partial charge in [0.1, 0.15) is 23.4 Å². The van der Waals surface area contributed by atoms with Crippen LogP contribution in [0.25, 0.3) is 11.4 Å². The Morgan fingerprint density at radius 3 is 2.66 bits per heavy atom. The average Bonchev–Trinajstić information content (AvgIpc) is 3.17. The van der Waals surface area contributed by atoms with Gasteiger partial charge in [-0.2, -0.15) is 13.2 Å². The van der Waals surface area contributed by atoms with Crippen LogP contribution in [-0.4, -0.2) is 34.3 Å². The number of nitrogens with one attached hydrogen (secondary N) is 1. The van der Waals surface area contributed by atoms with E-state index in [1.807, 2.05) is 6.07 Å². The fourth-order valence-corrected chi connectivity index (χ4v) is 3.53. The molecule has 0 amide bonds. The third-order valence-corrected chi connectivity index (χ3v) is 5.05. The number of anilines is 2. The number of hydrogen-bond donors (Lipinski definition) is 1. The van der Waals surface area contributed by atoms with Crippen LogP contribution in [-0.2, 0) is 10.9 Å². The Labute approximate surface area is 168 Å². The number of pyridine rings is 2. The lowest BCUT2D eigenvalue weighted by Gasteiger charge is -2.23. The van der Waals surface area contributed by atoms with Gasteiger partial charge in [0.2, 0.25) is 0 Å². The second kappa shape index (κ2) is 8.34. The number of aromatic nitrogens is 3. The Balaban J connectivity index is 1.42. The quantitative estimate of drug-likeness (QED) is 0.629. The Morgan fingerprint density at radius 2 is 1.93 bits per heavy atom. The van der Waals surface area contributed by atoms with Crippen molar-refractivity contribution in [3.05, 3.63) is 47.6 Å². The first-order valence-corrected chi connectivity index (χ1v) is 9.82. The van der Waals surface area contributed by atoms with Gasteiger partial charge in [-0.25, -0.2) is 9.97 Å². The van der Waals surface area contributed by atoms with Crippen LogP contribution in [0, 0.1) is 0 Å². The van der Waals surface area contributed by atoms with Crippen molar-refractivity contribution in [3.8, 4) is 17.1 Å². The molecule has 0 aromatic carbocycles. The number of nitrogens with zero attached hydrogens (tertiary/aromatic N) is 3. The minimum atomic E-state index is -4.42. The normalized spacial score (nSPS) is 15.3. The van der Waals surface area contributed by atoms with Crippen LogP contribution in [0.15, 0.2) is 42.0 Å². The van der Waals surface area contributed by atoms with E-state index in [2.05, 4.69) is 20.3 Å². The monoisotopic (exact) mass is 422 g/mol. The summed E-state index contributed by atoms with van der Waals surface area (Å²) in [5.41, 5.74) is 0.487. The van der Waals surface area contributed by atoms with Crippen LogP contribution in [0.1, 0.15) is 18.4 Å². The number of rotatable bonds is 5. The van der Waals surface area contributed by atoms with E-state index in [4.69, 9.17) is 9.47 Å². The maximum atomic E-state index is 12.8. The standard InChI is InChI=1S/C19H17F3N4O2S/c20-19(21,22)12-3-6-23-17(9-12)26-18-25-16(11-29-18)15-2-1-14(10-24-15)28-13-4-7-27-8-5-13/h1-3,6,9-11,13H,4-5,7-8H2,(H,23,25,26). The Hall–Kier alpha value is -2.72. The molecule has 1 aliphatic rings. The van der Waals surface area contributed by atoms with Crippen LogP contribution >= 0.6 is 11.3 Å². The minimum absolute atomic E-state index is 0.0777. The van der Waals surface area contributed by atoms with E-state index in [0.29, 0.717) is 35.5 Å². The van der Waals surface area contributed by atoms with Gasteiger partial charge in [-0.05, 0) is 24.3 Å². The van der Waals surface area contributed by atoms with Gasteiger partial charge in [0.15, 0.2) is 5.13 Å². The number of halogens is 3. The lowest BCUT2D eigenvalue weighted by molar-refractivity contribution is -0.137. The lowest BCUT2D eigenvalue weighted by atomic mass is 10.1. The van der Waals surface area contributed by atoms with Crippen molar-refractivity contribution >= 4 is 22.3 Å². The van der Waals surface area contributed by atoms with E-state index in [-0.39, 0.29) is 11.9 Å². The Morgan fingerprint density at radius 1 is 1.10 bits per heavy atom. The largest absolute Gasteiger partial charge is 0.489 e. The lowest BCUT2D eigenvalue weighted by Crippen LogP contribution is -2.25. The van der Waals surface area contributed by atoms with E-state index in [1.165, 1.54) is 11.3 Å². The second-order valence-electron chi connectivity index (χ2n) is 6.40. The minimum Gasteiger partial charge on any atom is -0.489 e. The van der Waals surface area contributed by atoms with Gasteiger partial charge >= 0.3 is 6.18 Å². The molecule has 4 heterocycles. The zero-order valence-corrected chi connectivity index (χ0v) is 16.0. The van der Waals surface area contributed by atoms with Crippen molar-refractivity contribution in [2.24, 2.45) is 0 Å². The molecule has 29 heavy (non-hydrogen) atoms. The molecule has 0 unspecified atom stereocenters. The summed E-state index contributed by atoms with van der Waals surface area (Å²) in [6.07, 6.45) is 0.167. The van der Waals surface area contributed by atoms with Gasteiger partial charge in [-0.15, -0.1) is 11.3 Å². The smallest absolute Gasteiger partial charge is 0.416 e. The molecular formula is C19H17F3N4O2S. The molecule has 1 N–H and O–H groups in total. The van der Waals surface area contributed by atoms with Crippen LogP contribution in [0.3, 0.4) is 0 Å². The van der Waals surface area contributed by atoms with Crippen LogP contribution < -0.4 is 10.1 Å². The van der Waals surface area contributed by atoms with E-state index in [9.17, 15) is 13.2 Å². The molecule has 3 aromatic rings. The van der Waals surface area contributed by atoms with Crippen LogP contribution in [0.2, 0.25) is 0 Å². The maximum Gasteiger partial charge on any atom is 0.416 e. The molecule has 0 atom stereocenters. The van der Waals surface area contributed by atoms with E-state index < -0.39 is 11.7 Å². The summed E-state index contributed by atoms with van der Waals surface area (Å²) in [4.78, 5) is 12.7. The van der Waals surface area contributed by atoms with Gasteiger partial charge in [0, 0.05) is 24.4 Å². The number of thiazole rings is 1. The van der Waals surface area contributed by atoms with Crippen molar-refractivity contribution in [1.29, 1.82) is 0 Å². The molecule has 0 saturated carbocycles. The first-order chi connectivity index (χ1) is 14.0. The van der Waals surface area contributed by atoms with E-state index in [1.54, 1.807) is 17.6 Å². The summed E-state index contributed by atoms with van der Waals surface area (Å²) >= 11 is 1.26. The molecule has 4 rings (SSSR count). The van der Waals surface area contributed by atoms with E-state index in [0.717, 1.165) is 31.2 Å². The van der Waals surface area contributed by atoms with E-state index >= 15 is 0 Å². The van der Waals surface area contributed by atoms with Crippen molar-refractivity contribution in [3.63, 3.8) is 0 Å². The summed E-state index contributed by atoms with van der Waals surface area (Å²) in [6, 6.07) is 5.50. The summed E-state index contributed by atoms with van der Waals surface area (Å²) in [6.45, 7) is 1.40. The van der Waals surface area contributed by atoms with Crippen molar-refractivity contribution < 1.29 is 22.6 Å². The fraction of sp³-hybridized carbons (Fsp3) is 0.316. The predicted octanol–water partition coefficient (Wildman–Crippen LogP) is 4.92. The van der Waals surface area contributed by atoms with Gasteiger partial charge < -0.3 is 14.8 Å². The highest BCUT2D eigenvalue weighted by Gasteiger charge is 2.30. The molecule has 0 bridgehead atoms. The van der Waals surface area contributed by atoms with Gasteiger partial charge in [0.25, 0.3) is 0 Å². The Kier molecular flexibility index (Phi) is 5.63. The third kappa shape index (κ3) is 5.01. The molecule has 10 heteroatoms. The van der Waals surface area contributed by atoms with Gasteiger partial charge in [0.05, 0.1) is 30.7 Å². The SMILES string of the molecule is FC(F)(F)c1ccnc(Nc2nc(-c3ccc(OC4CCOCC4)cn3)cs2)c1. The number of alkyl halides is 3. The van der Waals surface area contributed by atoms with Crippen molar-refractivity contribution in [2.75, 3.05) is 18.5 Å². The highest BCUT2D eigenvalue weighted by Crippen LogP contribution is 2.31. The molecular weight excluding hydrogens is 405 g/mol. The predicted molar refractivity (Wildman–Crippen MR) is 102 cm³/mol. The first-order valence-electron chi connectivity index (χ1n) is 8.94.